The first-order valence-electron chi connectivity index (χ1n) is 5.85. The van der Waals surface area contributed by atoms with Crippen molar-refractivity contribution in [1.82, 2.24) is 4.98 Å². The minimum absolute atomic E-state index is 0.403. The standard InChI is InChI=1S/C13H12BrClN2S/c14-10-6-9(7-16-13(10)15)17-12(8-3-4-8)11-2-1-5-18-11/h1-2,5-8,12,17H,3-4H2. The lowest BCUT2D eigenvalue weighted by molar-refractivity contribution is 0.690. The van der Waals surface area contributed by atoms with Crippen LogP contribution in [0, 0.1) is 5.92 Å². The topological polar surface area (TPSA) is 24.9 Å². The van der Waals surface area contributed by atoms with Crippen LogP contribution in [0.15, 0.2) is 34.2 Å². The number of anilines is 1. The minimum atomic E-state index is 0.403. The lowest BCUT2D eigenvalue weighted by atomic mass is 10.1. The van der Waals surface area contributed by atoms with Gasteiger partial charge < -0.3 is 5.32 Å². The monoisotopic (exact) mass is 342 g/mol. The zero-order valence-corrected chi connectivity index (χ0v) is 12.7. The molecular weight excluding hydrogens is 332 g/mol. The number of halogens is 2. The van der Waals surface area contributed by atoms with Gasteiger partial charge in [0, 0.05) is 4.88 Å². The lowest BCUT2D eigenvalue weighted by Crippen LogP contribution is -2.11. The molecule has 1 atom stereocenters. The molecule has 0 radical (unpaired) electrons. The zero-order valence-electron chi connectivity index (χ0n) is 9.57. The van der Waals surface area contributed by atoms with Crippen LogP contribution in [0.4, 0.5) is 5.69 Å². The van der Waals surface area contributed by atoms with Crippen LogP contribution in [0.5, 0.6) is 0 Å². The van der Waals surface area contributed by atoms with Gasteiger partial charge in [-0.05, 0) is 52.2 Å². The molecule has 94 valence electrons. The molecule has 3 rings (SSSR count). The van der Waals surface area contributed by atoms with E-state index in [0.29, 0.717) is 11.2 Å². The third-order valence-corrected chi connectivity index (χ3v) is 5.15. The van der Waals surface area contributed by atoms with Crippen molar-refractivity contribution >= 4 is 44.6 Å². The second-order valence-corrected chi connectivity index (χ2v) is 6.66. The number of pyridine rings is 1. The molecule has 2 heterocycles. The fourth-order valence-electron chi connectivity index (χ4n) is 2.00. The molecule has 2 aromatic heterocycles. The second kappa shape index (κ2) is 5.19. The van der Waals surface area contributed by atoms with Crippen molar-refractivity contribution in [2.24, 2.45) is 5.92 Å². The number of nitrogens with zero attached hydrogens (tertiary/aromatic N) is 1. The molecule has 0 saturated heterocycles. The summed E-state index contributed by atoms with van der Waals surface area (Å²) in [6.07, 6.45) is 4.39. The first-order valence-corrected chi connectivity index (χ1v) is 7.90. The van der Waals surface area contributed by atoms with E-state index in [9.17, 15) is 0 Å². The van der Waals surface area contributed by atoms with E-state index in [4.69, 9.17) is 11.6 Å². The van der Waals surface area contributed by atoms with Crippen LogP contribution >= 0.6 is 38.9 Å². The average molecular weight is 344 g/mol. The highest BCUT2D eigenvalue weighted by atomic mass is 79.9. The van der Waals surface area contributed by atoms with E-state index < -0.39 is 0 Å². The van der Waals surface area contributed by atoms with E-state index in [2.05, 4.69) is 43.7 Å². The summed E-state index contributed by atoms with van der Waals surface area (Å²) in [4.78, 5) is 5.54. The van der Waals surface area contributed by atoms with Gasteiger partial charge in [-0.2, -0.15) is 0 Å². The van der Waals surface area contributed by atoms with Crippen molar-refractivity contribution in [3.05, 3.63) is 44.3 Å². The van der Waals surface area contributed by atoms with Gasteiger partial charge in [-0.15, -0.1) is 11.3 Å². The molecule has 18 heavy (non-hydrogen) atoms. The molecule has 0 aromatic carbocycles. The Bertz CT molecular complexity index is 540. The van der Waals surface area contributed by atoms with Gasteiger partial charge in [-0.25, -0.2) is 4.98 Å². The van der Waals surface area contributed by atoms with Crippen LogP contribution in [-0.2, 0) is 0 Å². The van der Waals surface area contributed by atoms with E-state index in [0.717, 1.165) is 16.1 Å². The Balaban J connectivity index is 1.82. The van der Waals surface area contributed by atoms with Gasteiger partial charge in [0.25, 0.3) is 0 Å². The van der Waals surface area contributed by atoms with E-state index in [1.165, 1.54) is 17.7 Å². The van der Waals surface area contributed by atoms with Crippen LogP contribution < -0.4 is 5.32 Å². The zero-order chi connectivity index (χ0) is 12.5. The molecule has 0 bridgehead atoms. The molecule has 1 saturated carbocycles. The third kappa shape index (κ3) is 2.71. The molecule has 1 aliphatic rings. The van der Waals surface area contributed by atoms with Crippen molar-refractivity contribution < 1.29 is 0 Å². The van der Waals surface area contributed by atoms with E-state index in [1.54, 1.807) is 17.5 Å². The molecule has 1 unspecified atom stereocenters. The number of hydrogen-bond acceptors (Lipinski definition) is 3. The molecule has 2 aromatic rings. The summed E-state index contributed by atoms with van der Waals surface area (Å²) in [6, 6.07) is 6.68. The first kappa shape index (κ1) is 12.5. The Labute approximate surface area is 124 Å². The van der Waals surface area contributed by atoms with Crippen molar-refractivity contribution in [2.45, 2.75) is 18.9 Å². The number of aromatic nitrogens is 1. The Hall–Kier alpha value is -0.580. The van der Waals surface area contributed by atoms with Crippen molar-refractivity contribution in [2.75, 3.05) is 5.32 Å². The van der Waals surface area contributed by atoms with Gasteiger partial charge in [0.2, 0.25) is 0 Å². The van der Waals surface area contributed by atoms with Gasteiger partial charge in [0.05, 0.1) is 22.4 Å². The van der Waals surface area contributed by atoms with Crippen LogP contribution in [0.1, 0.15) is 23.8 Å². The summed E-state index contributed by atoms with van der Waals surface area (Å²) in [6.45, 7) is 0. The Kier molecular flexibility index (Phi) is 3.59. The highest BCUT2D eigenvalue weighted by molar-refractivity contribution is 9.10. The quantitative estimate of drug-likeness (QED) is 0.779. The lowest BCUT2D eigenvalue weighted by Gasteiger charge is -2.18. The fraction of sp³-hybridized carbons (Fsp3) is 0.308. The summed E-state index contributed by atoms with van der Waals surface area (Å²) in [5.74, 6) is 0.748. The van der Waals surface area contributed by atoms with Crippen LogP contribution in [0.3, 0.4) is 0 Å². The van der Waals surface area contributed by atoms with Crippen molar-refractivity contribution in [1.29, 1.82) is 0 Å². The van der Waals surface area contributed by atoms with E-state index in [-0.39, 0.29) is 0 Å². The molecule has 0 amide bonds. The molecule has 0 spiro atoms. The number of rotatable bonds is 4. The largest absolute Gasteiger partial charge is 0.376 e. The Morgan fingerprint density at radius 1 is 1.50 bits per heavy atom. The van der Waals surface area contributed by atoms with E-state index in [1.807, 2.05) is 6.07 Å². The molecule has 1 aliphatic carbocycles. The second-order valence-electron chi connectivity index (χ2n) is 4.47. The van der Waals surface area contributed by atoms with Crippen LogP contribution in [0.25, 0.3) is 0 Å². The molecule has 2 nitrogen and oxygen atoms in total. The van der Waals surface area contributed by atoms with Crippen molar-refractivity contribution in [3.8, 4) is 0 Å². The number of hydrogen-bond donors (Lipinski definition) is 1. The van der Waals surface area contributed by atoms with Gasteiger partial charge in [0.15, 0.2) is 0 Å². The predicted octanol–water partition coefficient (Wildman–Crippen LogP) is 5.12. The first-order chi connectivity index (χ1) is 8.74. The molecule has 1 fully saturated rings. The number of thiophene rings is 1. The van der Waals surface area contributed by atoms with Gasteiger partial charge in [0.1, 0.15) is 5.15 Å². The fourth-order valence-corrected chi connectivity index (χ4v) is 3.32. The van der Waals surface area contributed by atoms with Crippen LogP contribution in [0.2, 0.25) is 5.15 Å². The maximum absolute atomic E-state index is 5.91. The highest BCUT2D eigenvalue weighted by Crippen LogP contribution is 2.44. The van der Waals surface area contributed by atoms with Gasteiger partial charge in [-0.3, -0.25) is 0 Å². The average Bonchev–Trinajstić information content (AvgIpc) is 3.05. The summed E-state index contributed by atoms with van der Waals surface area (Å²) >= 11 is 11.1. The summed E-state index contributed by atoms with van der Waals surface area (Å²) in [7, 11) is 0. The smallest absolute Gasteiger partial charge is 0.143 e. The van der Waals surface area contributed by atoms with Crippen LogP contribution in [-0.4, -0.2) is 4.98 Å². The summed E-state index contributed by atoms with van der Waals surface area (Å²) < 4.78 is 0.829. The summed E-state index contributed by atoms with van der Waals surface area (Å²) in [5.41, 5.74) is 1.01. The third-order valence-electron chi connectivity index (χ3n) is 3.06. The SMILES string of the molecule is Clc1ncc(NC(c2cccs2)C2CC2)cc1Br. The molecule has 1 N–H and O–H groups in total. The molecule has 5 heteroatoms. The van der Waals surface area contributed by atoms with E-state index >= 15 is 0 Å². The maximum atomic E-state index is 5.91. The normalized spacial score (nSPS) is 16.6. The maximum Gasteiger partial charge on any atom is 0.143 e. The van der Waals surface area contributed by atoms with Crippen molar-refractivity contribution in [3.63, 3.8) is 0 Å². The minimum Gasteiger partial charge on any atom is -0.376 e. The molecule has 0 aliphatic heterocycles. The highest BCUT2D eigenvalue weighted by Gasteiger charge is 2.33. The molecular formula is C13H12BrClN2S. The Morgan fingerprint density at radius 2 is 2.33 bits per heavy atom. The van der Waals surface area contributed by atoms with Gasteiger partial charge in [-0.1, -0.05) is 17.7 Å². The predicted molar refractivity (Wildman–Crippen MR) is 80.4 cm³/mol. The number of nitrogens with one attached hydrogen (secondary N) is 1. The van der Waals surface area contributed by atoms with Gasteiger partial charge >= 0.3 is 0 Å². The summed E-state index contributed by atoms with van der Waals surface area (Å²) in [5, 5.41) is 6.20. The Morgan fingerprint density at radius 3 is 2.94 bits per heavy atom.